The molecule has 0 bridgehead atoms. The van der Waals surface area contributed by atoms with Crippen molar-refractivity contribution in [1.82, 2.24) is 14.8 Å². The van der Waals surface area contributed by atoms with Gasteiger partial charge in [0.1, 0.15) is 5.82 Å². The summed E-state index contributed by atoms with van der Waals surface area (Å²) in [5.74, 6) is 2.32. The van der Waals surface area contributed by atoms with Crippen LogP contribution in [0.4, 0.5) is 0 Å². The monoisotopic (exact) mass is 209 g/mol. The summed E-state index contributed by atoms with van der Waals surface area (Å²) in [5, 5.41) is 13.6. The zero-order valence-electron chi connectivity index (χ0n) is 9.69. The Bertz CT molecular complexity index is 351. The molecule has 0 amide bonds. The van der Waals surface area contributed by atoms with Gasteiger partial charge in [-0.15, -0.1) is 0 Å². The minimum absolute atomic E-state index is 0.0129. The van der Waals surface area contributed by atoms with Crippen LogP contribution < -0.4 is 0 Å². The Morgan fingerprint density at radius 3 is 2.80 bits per heavy atom. The van der Waals surface area contributed by atoms with Gasteiger partial charge in [0.05, 0.1) is 0 Å². The first kappa shape index (κ1) is 10.6. The molecule has 1 aliphatic heterocycles. The van der Waals surface area contributed by atoms with Crippen LogP contribution in [0.25, 0.3) is 0 Å². The van der Waals surface area contributed by atoms with Gasteiger partial charge in [0, 0.05) is 25.0 Å². The van der Waals surface area contributed by atoms with Crippen LogP contribution in [0.3, 0.4) is 0 Å². The molecule has 1 aliphatic rings. The van der Waals surface area contributed by atoms with E-state index in [1.165, 1.54) is 0 Å². The summed E-state index contributed by atoms with van der Waals surface area (Å²) in [6.45, 7) is 7.52. The highest BCUT2D eigenvalue weighted by Gasteiger charge is 2.25. The van der Waals surface area contributed by atoms with Gasteiger partial charge in [-0.05, 0) is 12.3 Å². The quantitative estimate of drug-likeness (QED) is 0.754. The first-order valence-corrected chi connectivity index (χ1v) is 5.56. The number of aryl methyl sites for hydroxylation is 1. The minimum Gasteiger partial charge on any atom is -0.396 e. The summed E-state index contributed by atoms with van der Waals surface area (Å²) >= 11 is 0. The summed E-state index contributed by atoms with van der Waals surface area (Å²) in [4.78, 5) is 4.56. The Kier molecular flexibility index (Phi) is 2.54. The van der Waals surface area contributed by atoms with E-state index in [4.69, 9.17) is 5.11 Å². The average molecular weight is 209 g/mol. The highest BCUT2D eigenvalue weighted by Crippen LogP contribution is 2.23. The van der Waals surface area contributed by atoms with Crippen molar-refractivity contribution in [1.29, 1.82) is 0 Å². The number of aliphatic hydroxyl groups excluding tert-OH is 1. The van der Waals surface area contributed by atoms with Crippen LogP contribution in [0.5, 0.6) is 0 Å². The molecular formula is C11H19N3O. The van der Waals surface area contributed by atoms with Gasteiger partial charge in [-0.25, -0.2) is 9.67 Å². The summed E-state index contributed by atoms with van der Waals surface area (Å²) in [5.41, 5.74) is 0.0129. The zero-order chi connectivity index (χ0) is 11.1. The number of rotatable bonds is 1. The first-order chi connectivity index (χ1) is 7.00. The fourth-order valence-electron chi connectivity index (χ4n) is 1.84. The maximum Gasteiger partial charge on any atom is 0.156 e. The van der Waals surface area contributed by atoms with Gasteiger partial charge >= 0.3 is 0 Å². The van der Waals surface area contributed by atoms with E-state index in [9.17, 15) is 0 Å². The third-order valence-corrected chi connectivity index (χ3v) is 2.90. The number of nitrogens with zero attached hydrogens (tertiary/aromatic N) is 3. The Morgan fingerprint density at radius 2 is 2.20 bits per heavy atom. The third kappa shape index (κ3) is 2.04. The van der Waals surface area contributed by atoms with Crippen molar-refractivity contribution in [3.05, 3.63) is 11.6 Å². The fraction of sp³-hybridized carbons (Fsp3) is 0.818. The molecule has 2 heterocycles. The predicted molar refractivity (Wildman–Crippen MR) is 57.6 cm³/mol. The van der Waals surface area contributed by atoms with Crippen LogP contribution >= 0.6 is 0 Å². The van der Waals surface area contributed by atoms with E-state index in [2.05, 4.69) is 30.9 Å². The zero-order valence-corrected chi connectivity index (χ0v) is 9.69. The molecule has 1 atom stereocenters. The summed E-state index contributed by atoms with van der Waals surface area (Å²) in [6.07, 6.45) is 1.87. The van der Waals surface area contributed by atoms with Crippen LogP contribution in [-0.2, 0) is 18.4 Å². The van der Waals surface area contributed by atoms with Gasteiger partial charge in [0.15, 0.2) is 5.82 Å². The minimum atomic E-state index is 0.0129. The topological polar surface area (TPSA) is 50.9 Å². The van der Waals surface area contributed by atoms with Crippen LogP contribution in [0.2, 0.25) is 0 Å². The molecule has 4 heteroatoms. The number of fused-ring (bicyclic) bond motifs is 1. The van der Waals surface area contributed by atoms with Gasteiger partial charge in [0.25, 0.3) is 0 Å². The molecule has 0 fully saturated rings. The molecule has 0 aliphatic carbocycles. The SMILES string of the molecule is CC(C)(C)c1nc2n(n1)CCC(CO)C2. The van der Waals surface area contributed by atoms with Crippen molar-refractivity contribution in [3.63, 3.8) is 0 Å². The maximum absolute atomic E-state index is 9.13. The van der Waals surface area contributed by atoms with Crippen molar-refractivity contribution < 1.29 is 5.11 Å². The van der Waals surface area contributed by atoms with Crippen LogP contribution in [0.15, 0.2) is 0 Å². The number of hydrogen-bond acceptors (Lipinski definition) is 3. The molecule has 1 aromatic rings. The highest BCUT2D eigenvalue weighted by molar-refractivity contribution is 5.05. The fourth-order valence-corrected chi connectivity index (χ4v) is 1.84. The Balaban J connectivity index is 2.26. The average Bonchev–Trinajstić information content (AvgIpc) is 2.59. The first-order valence-electron chi connectivity index (χ1n) is 5.56. The molecular weight excluding hydrogens is 190 g/mol. The lowest BCUT2D eigenvalue weighted by atomic mass is 9.96. The van der Waals surface area contributed by atoms with Gasteiger partial charge < -0.3 is 5.11 Å². The lowest BCUT2D eigenvalue weighted by molar-refractivity contribution is 0.196. The van der Waals surface area contributed by atoms with Crippen LogP contribution in [-0.4, -0.2) is 26.5 Å². The van der Waals surface area contributed by atoms with E-state index >= 15 is 0 Å². The molecule has 0 aromatic carbocycles. The lowest BCUT2D eigenvalue weighted by Crippen LogP contribution is -2.22. The largest absolute Gasteiger partial charge is 0.396 e. The van der Waals surface area contributed by atoms with E-state index in [-0.39, 0.29) is 12.0 Å². The smallest absolute Gasteiger partial charge is 0.156 e. The molecule has 1 aromatic heterocycles. The molecule has 0 saturated heterocycles. The van der Waals surface area contributed by atoms with Crippen LogP contribution in [0, 0.1) is 5.92 Å². The second-order valence-electron chi connectivity index (χ2n) is 5.37. The van der Waals surface area contributed by atoms with E-state index in [1.54, 1.807) is 0 Å². The van der Waals surface area contributed by atoms with E-state index < -0.39 is 0 Å². The van der Waals surface area contributed by atoms with Crippen molar-refractivity contribution in [2.75, 3.05) is 6.61 Å². The molecule has 0 spiro atoms. The second kappa shape index (κ2) is 3.59. The summed E-state index contributed by atoms with van der Waals surface area (Å²) < 4.78 is 1.99. The normalized spacial score (nSPS) is 21.5. The van der Waals surface area contributed by atoms with Gasteiger partial charge in [0.2, 0.25) is 0 Å². The van der Waals surface area contributed by atoms with Crippen LogP contribution in [0.1, 0.15) is 38.8 Å². The van der Waals surface area contributed by atoms with Gasteiger partial charge in [-0.2, -0.15) is 5.10 Å². The molecule has 0 saturated carbocycles. The lowest BCUT2D eigenvalue weighted by Gasteiger charge is -2.19. The second-order valence-corrected chi connectivity index (χ2v) is 5.37. The predicted octanol–water partition coefficient (Wildman–Crippen LogP) is 1.13. The molecule has 4 nitrogen and oxygen atoms in total. The van der Waals surface area contributed by atoms with Crippen molar-refractivity contribution in [2.24, 2.45) is 5.92 Å². The Hall–Kier alpha value is -0.900. The summed E-state index contributed by atoms with van der Waals surface area (Å²) in [7, 11) is 0. The Labute approximate surface area is 90.3 Å². The van der Waals surface area contributed by atoms with Crippen molar-refractivity contribution in [3.8, 4) is 0 Å². The highest BCUT2D eigenvalue weighted by atomic mass is 16.3. The molecule has 0 radical (unpaired) electrons. The third-order valence-electron chi connectivity index (χ3n) is 2.90. The van der Waals surface area contributed by atoms with Gasteiger partial charge in [-0.3, -0.25) is 0 Å². The van der Waals surface area contributed by atoms with E-state index in [0.717, 1.165) is 31.0 Å². The number of hydrogen-bond donors (Lipinski definition) is 1. The summed E-state index contributed by atoms with van der Waals surface area (Å²) in [6, 6.07) is 0. The van der Waals surface area contributed by atoms with Gasteiger partial charge in [-0.1, -0.05) is 20.8 Å². The molecule has 1 unspecified atom stereocenters. The maximum atomic E-state index is 9.13. The standard InChI is InChI=1S/C11H19N3O/c1-11(2,3)10-12-9-6-8(7-15)4-5-14(9)13-10/h8,15H,4-7H2,1-3H3. The number of aromatic nitrogens is 3. The molecule has 1 N–H and O–H groups in total. The molecule has 15 heavy (non-hydrogen) atoms. The van der Waals surface area contributed by atoms with Crippen molar-refractivity contribution in [2.45, 2.75) is 45.6 Å². The Morgan fingerprint density at radius 1 is 1.47 bits per heavy atom. The molecule has 2 rings (SSSR count). The number of aliphatic hydroxyl groups is 1. The van der Waals surface area contributed by atoms with E-state index in [1.807, 2.05) is 4.68 Å². The van der Waals surface area contributed by atoms with E-state index in [0.29, 0.717) is 5.92 Å². The van der Waals surface area contributed by atoms with Crippen molar-refractivity contribution >= 4 is 0 Å². The molecule has 84 valence electrons.